The van der Waals surface area contributed by atoms with Crippen molar-refractivity contribution in [1.29, 1.82) is 5.26 Å². The zero-order valence-electron chi connectivity index (χ0n) is 10.9. The molecule has 3 heteroatoms. The number of aliphatic hydroxyl groups is 1. The van der Waals surface area contributed by atoms with E-state index in [1.54, 1.807) is 0 Å². The van der Waals surface area contributed by atoms with Gasteiger partial charge in [-0.15, -0.1) is 0 Å². The van der Waals surface area contributed by atoms with Gasteiger partial charge < -0.3 is 10.1 Å². The second kappa shape index (κ2) is 5.20. The molecule has 0 bridgehead atoms. The lowest BCUT2D eigenvalue weighted by molar-refractivity contribution is 0.281. The normalized spacial score (nSPS) is 10.6. The standard InChI is InChI=1S/C17H14N2O/c18-10-16-9-15-8-12(5-6-17(15)19-16)7-13-3-1-2-4-14(13)11-20/h1-6,8-9,19-20H,7,11H2. The molecule has 20 heavy (non-hydrogen) atoms. The number of aromatic nitrogens is 1. The fourth-order valence-corrected chi connectivity index (χ4v) is 2.46. The summed E-state index contributed by atoms with van der Waals surface area (Å²) < 4.78 is 0. The molecule has 0 radical (unpaired) electrons. The van der Waals surface area contributed by atoms with Gasteiger partial charge in [-0.25, -0.2) is 0 Å². The molecule has 0 aliphatic heterocycles. The van der Waals surface area contributed by atoms with Gasteiger partial charge >= 0.3 is 0 Å². The monoisotopic (exact) mass is 262 g/mol. The summed E-state index contributed by atoms with van der Waals surface area (Å²) in [7, 11) is 0. The second-order valence-electron chi connectivity index (χ2n) is 4.82. The van der Waals surface area contributed by atoms with E-state index in [0.717, 1.165) is 28.5 Å². The highest BCUT2D eigenvalue weighted by Crippen LogP contribution is 2.20. The van der Waals surface area contributed by atoms with Gasteiger partial charge in [0.1, 0.15) is 11.8 Å². The van der Waals surface area contributed by atoms with Gasteiger partial charge in [0.25, 0.3) is 0 Å². The van der Waals surface area contributed by atoms with Gasteiger partial charge in [-0.2, -0.15) is 5.26 Å². The van der Waals surface area contributed by atoms with Crippen molar-refractivity contribution in [3.05, 3.63) is 70.9 Å². The number of nitrogens with zero attached hydrogens (tertiary/aromatic N) is 1. The summed E-state index contributed by atoms with van der Waals surface area (Å²) in [5.41, 5.74) is 4.81. The van der Waals surface area contributed by atoms with Crippen molar-refractivity contribution >= 4 is 10.9 Å². The Morgan fingerprint density at radius 2 is 1.85 bits per heavy atom. The van der Waals surface area contributed by atoms with Crippen LogP contribution in [0.5, 0.6) is 0 Å². The third-order valence-electron chi connectivity index (χ3n) is 3.49. The Kier molecular flexibility index (Phi) is 3.24. The number of hydrogen-bond acceptors (Lipinski definition) is 2. The Labute approximate surface area is 117 Å². The molecule has 0 atom stereocenters. The van der Waals surface area contributed by atoms with Crippen molar-refractivity contribution < 1.29 is 5.11 Å². The highest BCUT2D eigenvalue weighted by atomic mass is 16.3. The third kappa shape index (κ3) is 2.29. The molecule has 0 aliphatic carbocycles. The maximum absolute atomic E-state index is 9.36. The van der Waals surface area contributed by atoms with Crippen LogP contribution in [-0.4, -0.2) is 10.1 Å². The fourth-order valence-electron chi connectivity index (χ4n) is 2.46. The van der Waals surface area contributed by atoms with Gasteiger partial charge in [0.05, 0.1) is 6.61 Å². The minimum absolute atomic E-state index is 0.0567. The van der Waals surface area contributed by atoms with Gasteiger partial charge in [0.15, 0.2) is 0 Å². The summed E-state index contributed by atoms with van der Waals surface area (Å²) in [5, 5.41) is 19.3. The molecular weight excluding hydrogens is 248 g/mol. The minimum Gasteiger partial charge on any atom is -0.392 e. The van der Waals surface area contributed by atoms with Crippen LogP contribution in [0.25, 0.3) is 10.9 Å². The van der Waals surface area contributed by atoms with Crippen molar-refractivity contribution in [3.63, 3.8) is 0 Å². The number of fused-ring (bicyclic) bond motifs is 1. The number of aliphatic hydroxyl groups excluding tert-OH is 1. The van der Waals surface area contributed by atoms with Crippen molar-refractivity contribution in [1.82, 2.24) is 4.98 Å². The summed E-state index contributed by atoms with van der Waals surface area (Å²) >= 11 is 0. The molecule has 2 N–H and O–H groups in total. The van der Waals surface area contributed by atoms with Crippen LogP contribution in [0, 0.1) is 11.3 Å². The van der Waals surface area contributed by atoms with Crippen LogP contribution in [0.15, 0.2) is 48.5 Å². The average molecular weight is 262 g/mol. The topological polar surface area (TPSA) is 59.8 Å². The number of nitriles is 1. The number of nitrogens with one attached hydrogen (secondary N) is 1. The van der Waals surface area contributed by atoms with Crippen LogP contribution in [0.1, 0.15) is 22.4 Å². The van der Waals surface area contributed by atoms with Crippen LogP contribution in [0.4, 0.5) is 0 Å². The maximum atomic E-state index is 9.36. The lowest BCUT2D eigenvalue weighted by atomic mass is 9.99. The van der Waals surface area contributed by atoms with Crippen molar-refractivity contribution in [2.24, 2.45) is 0 Å². The molecule has 3 nitrogen and oxygen atoms in total. The molecule has 3 aromatic rings. The molecule has 0 unspecified atom stereocenters. The van der Waals surface area contributed by atoms with E-state index in [9.17, 15) is 5.11 Å². The van der Waals surface area contributed by atoms with Crippen LogP contribution in [0.3, 0.4) is 0 Å². The third-order valence-corrected chi connectivity index (χ3v) is 3.49. The molecule has 0 saturated carbocycles. The van der Waals surface area contributed by atoms with Gasteiger partial charge in [0.2, 0.25) is 0 Å². The van der Waals surface area contributed by atoms with E-state index in [0.29, 0.717) is 5.69 Å². The second-order valence-corrected chi connectivity index (χ2v) is 4.82. The molecule has 0 spiro atoms. The molecule has 0 aliphatic rings. The van der Waals surface area contributed by atoms with Crippen molar-refractivity contribution in [2.45, 2.75) is 13.0 Å². The van der Waals surface area contributed by atoms with Crippen LogP contribution in [0.2, 0.25) is 0 Å². The molecule has 1 heterocycles. The predicted molar refractivity (Wildman–Crippen MR) is 78.2 cm³/mol. The first kappa shape index (κ1) is 12.5. The summed E-state index contributed by atoms with van der Waals surface area (Å²) in [6.07, 6.45) is 0.778. The summed E-state index contributed by atoms with van der Waals surface area (Å²) in [5.74, 6) is 0. The van der Waals surface area contributed by atoms with Gasteiger partial charge in [-0.1, -0.05) is 30.3 Å². The molecule has 1 aromatic heterocycles. The Balaban J connectivity index is 1.96. The van der Waals surface area contributed by atoms with E-state index in [2.05, 4.69) is 17.1 Å². The summed E-state index contributed by atoms with van der Waals surface area (Å²) in [4.78, 5) is 3.06. The van der Waals surface area contributed by atoms with E-state index in [1.165, 1.54) is 5.56 Å². The fraction of sp³-hybridized carbons (Fsp3) is 0.118. The Hall–Kier alpha value is -2.57. The number of H-pyrrole nitrogens is 1. The zero-order chi connectivity index (χ0) is 13.9. The Morgan fingerprint density at radius 1 is 1.05 bits per heavy atom. The molecule has 0 saturated heterocycles. The number of hydrogen-bond donors (Lipinski definition) is 2. The Bertz CT molecular complexity index is 796. The van der Waals surface area contributed by atoms with Crippen LogP contribution < -0.4 is 0 Å². The van der Waals surface area contributed by atoms with Gasteiger partial charge in [0, 0.05) is 10.9 Å². The molecule has 2 aromatic carbocycles. The number of benzene rings is 2. The highest BCUT2D eigenvalue weighted by Gasteiger charge is 2.05. The first-order chi connectivity index (χ1) is 9.80. The van der Waals surface area contributed by atoms with Gasteiger partial charge in [-0.05, 0) is 41.3 Å². The molecule has 98 valence electrons. The first-order valence-corrected chi connectivity index (χ1v) is 6.49. The minimum atomic E-state index is 0.0567. The molecule has 3 rings (SSSR count). The summed E-state index contributed by atoms with van der Waals surface area (Å²) in [6.45, 7) is 0.0567. The Morgan fingerprint density at radius 3 is 2.60 bits per heavy atom. The van der Waals surface area contributed by atoms with E-state index in [-0.39, 0.29) is 6.61 Å². The van der Waals surface area contributed by atoms with E-state index < -0.39 is 0 Å². The van der Waals surface area contributed by atoms with E-state index in [4.69, 9.17) is 5.26 Å². The molecule has 0 amide bonds. The average Bonchev–Trinajstić information content (AvgIpc) is 2.90. The van der Waals surface area contributed by atoms with Crippen LogP contribution in [-0.2, 0) is 13.0 Å². The molecular formula is C17H14N2O. The number of aromatic amines is 1. The van der Waals surface area contributed by atoms with E-state index >= 15 is 0 Å². The quantitative estimate of drug-likeness (QED) is 0.761. The molecule has 0 fully saturated rings. The largest absolute Gasteiger partial charge is 0.392 e. The lowest BCUT2D eigenvalue weighted by Crippen LogP contribution is -1.95. The van der Waals surface area contributed by atoms with Crippen molar-refractivity contribution in [2.75, 3.05) is 0 Å². The van der Waals surface area contributed by atoms with E-state index in [1.807, 2.05) is 42.5 Å². The highest BCUT2D eigenvalue weighted by molar-refractivity contribution is 5.82. The zero-order valence-corrected chi connectivity index (χ0v) is 10.9. The van der Waals surface area contributed by atoms with Crippen LogP contribution >= 0.6 is 0 Å². The summed E-state index contributed by atoms with van der Waals surface area (Å²) in [6, 6.07) is 18.0. The maximum Gasteiger partial charge on any atom is 0.118 e. The lowest BCUT2D eigenvalue weighted by Gasteiger charge is -2.07. The first-order valence-electron chi connectivity index (χ1n) is 6.49. The smallest absolute Gasteiger partial charge is 0.118 e. The van der Waals surface area contributed by atoms with Gasteiger partial charge in [-0.3, -0.25) is 0 Å². The predicted octanol–water partition coefficient (Wildman–Crippen LogP) is 3.12. The number of rotatable bonds is 3. The van der Waals surface area contributed by atoms with Crippen molar-refractivity contribution in [3.8, 4) is 6.07 Å². The SMILES string of the molecule is N#Cc1cc2cc(Cc3ccccc3CO)ccc2[nH]1.